The lowest BCUT2D eigenvalue weighted by Crippen LogP contribution is -2.48. The number of nitrogens with one attached hydrogen (secondary N) is 1. The quantitative estimate of drug-likeness (QED) is 0.423. The van der Waals surface area contributed by atoms with Gasteiger partial charge in [0.1, 0.15) is 5.65 Å². The van der Waals surface area contributed by atoms with E-state index in [1.807, 2.05) is 11.1 Å². The van der Waals surface area contributed by atoms with Gasteiger partial charge in [0, 0.05) is 67.8 Å². The van der Waals surface area contributed by atoms with Crippen LogP contribution in [0.2, 0.25) is 0 Å². The third-order valence-electron chi connectivity index (χ3n) is 7.15. The first-order chi connectivity index (χ1) is 16.9. The molecule has 0 aliphatic carbocycles. The van der Waals surface area contributed by atoms with Crippen molar-refractivity contribution in [1.29, 1.82) is 0 Å². The fraction of sp³-hybridized carbons (Fsp3) is 0.536. The highest BCUT2D eigenvalue weighted by Gasteiger charge is 2.19. The molecule has 1 aromatic carbocycles. The summed E-state index contributed by atoms with van der Waals surface area (Å²) in [5.74, 6) is 1.46. The number of carbonyl (C=O) groups is 1. The summed E-state index contributed by atoms with van der Waals surface area (Å²) in [5.41, 5.74) is 4.53. The number of nitrogens with zero attached hydrogens (tertiary/aromatic N) is 5. The minimum Gasteiger partial charge on any atom is -0.368 e. The lowest BCUT2D eigenvalue weighted by molar-refractivity contribution is -0.129. The molecule has 0 bridgehead atoms. The smallest absolute Gasteiger partial charge is 0.229 e. The van der Waals surface area contributed by atoms with Crippen LogP contribution in [0.5, 0.6) is 0 Å². The van der Waals surface area contributed by atoms with Crippen LogP contribution in [0.3, 0.4) is 0 Å². The van der Waals surface area contributed by atoms with Gasteiger partial charge in [0.15, 0.2) is 0 Å². The molecule has 1 aliphatic heterocycles. The summed E-state index contributed by atoms with van der Waals surface area (Å²) >= 11 is 0. The Morgan fingerprint density at radius 2 is 1.74 bits per heavy atom. The van der Waals surface area contributed by atoms with Crippen molar-refractivity contribution in [2.24, 2.45) is 5.92 Å². The van der Waals surface area contributed by atoms with Crippen LogP contribution in [0.15, 0.2) is 36.5 Å². The topological polar surface area (TPSA) is 66.3 Å². The maximum absolute atomic E-state index is 11.6. The Morgan fingerprint density at radius 1 is 1.06 bits per heavy atom. The molecule has 7 heteroatoms. The molecule has 1 amide bonds. The number of fused-ring (bicyclic) bond motifs is 1. The maximum atomic E-state index is 11.6. The van der Waals surface area contributed by atoms with Gasteiger partial charge in [-0.1, -0.05) is 27.7 Å². The Hall–Kier alpha value is -3.09. The SMILES string of the molecule is CCC(CC)n1c(CCC(C)C)cc2cnc(Nc3ccc(N4CCN(C(C)=O)CC4)cc3)nc21. The second-order valence-corrected chi connectivity index (χ2v) is 10.0. The molecule has 1 fully saturated rings. The van der Waals surface area contributed by atoms with Crippen molar-refractivity contribution in [1.82, 2.24) is 19.4 Å². The summed E-state index contributed by atoms with van der Waals surface area (Å²) in [6.45, 7) is 14.0. The number of aromatic nitrogens is 3. The van der Waals surface area contributed by atoms with Gasteiger partial charge in [-0.15, -0.1) is 0 Å². The average molecular weight is 477 g/mol. The van der Waals surface area contributed by atoms with E-state index in [0.717, 1.165) is 62.2 Å². The van der Waals surface area contributed by atoms with Gasteiger partial charge in [0.05, 0.1) is 0 Å². The van der Waals surface area contributed by atoms with Crippen LogP contribution in [-0.2, 0) is 11.2 Å². The molecule has 0 radical (unpaired) electrons. The summed E-state index contributed by atoms with van der Waals surface area (Å²) in [6.07, 6.45) is 6.36. The highest BCUT2D eigenvalue weighted by Crippen LogP contribution is 2.29. The van der Waals surface area contributed by atoms with E-state index >= 15 is 0 Å². The Balaban J connectivity index is 1.52. The summed E-state index contributed by atoms with van der Waals surface area (Å²) in [5, 5.41) is 4.52. The minimum absolute atomic E-state index is 0.156. The Kier molecular flexibility index (Phi) is 7.93. The number of rotatable bonds is 9. The van der Waals surface area contributed by atoms with Crippen molar-refractivity contribution in [3.63, 3.8) is 0 Å². The van der Waals surface area contributed by atoms with E-state index in [9.17, 15) is 4.79 Å². The van der Waals surface area contributed by atoms with E-state index in [0.29, 0.717) is 17.9 Å². The third kappa shape index (κ3) is 5.77. The van der Waals surface area contributed by atoms with Crippen LogP contribution in [-0.4, -0.2) is 51.5 Å². The summed E-state index contributed by atoms with van der Waals surface area (Å²) in [7, 11) is 0. The highest BCUT2D eigenvalue weighted by atomic mass is 16.2. The molecule has 1 N–H and O–H groups in total. The lowest BCUT2D eigenvalue weighted by Gasteiger charge is -2.35. The second-order valence-electron chi connectivity index (χ2n) is 10.0. The summed E-state index contributed by atoms with van der Waals surface area (Å²) < 4.78 is 2.45. The van der Waals surface area contributed by atoms with E-state index in [4.69, 9.17) is 4.98 Å². The number of benzene rings is 1. The Labute approximate surface area is 209 Å². The summed E-state index contributed by atoms with van der Waals surface area (Å²) in [6, 6.07) is 11.1. The van der Waals surface area contributed by atoms with Gasteiger partial charge < -0.3 is 19.7 Å². The van der Waals surface area contributed by atoms with Gasteiger partial charge in [-0.3, -0.25) is 4.79 Å². The zero-order valence-corrected chi connectivity index (χ0v) is 21.9. The van der Waals surface area contributed by atoms with Crippen molar-refractivity contribution >= 4 is 34.3 Å². The monoisotopic (exact) mass is 476 g/mol. The Bertz CT molecular complexity index is 1120. The number of carbonyl (C=O) groups excluding carboxylic acids is 1. The molecule has 0 saturated carbocycles. The summed E-state index contributed by atoms with van der Waals surface area (Å²) in [4.78, 5) is 25.4. The van der Waals surface area contributed by atoms with Gasteiger partial charge in [0.2, 0.25) is 11.9 Å². The predicted molar refractivity (Wildman–Crippen MR) is 144 cm³/mol. The molecule has 2 aromatic heterocycles. The maximum Gasteiger partial charge on any atom is 0.229 e. The largest absolute Gasteiger partial charge is 0.368 e. The van der Waals surface area contributed by atoms with E-state index < -0.39 is 0 Å². The van der Waals surface area contributed by atoms with Crippen LogP contribution >= 0.6 is 0 Å². The zero-order valence-electron chi connectivity index (χ0n) is 21.9. The lowest BCUT2D eigenvalue weighted by atomic mass is 10.1. The number of amides is 1. The van der Waals surface area contributed by atoms with Crippen LogP contribution in [0.4, 0.5) is 17.3 Å². The first kappa shape index (κ1) is 25.0. The van der Waals surface area contributed by atoms with Crippen LogP contribution in [0.1, 0.15) is 65.6 Å². The molecule has 7 nitrogen and oxygen atoms in total. The first-order valence-electron chi connectivity index (χ1n) is 13.1. The van der Waals surface area contributed by atoms with E-state index in [1.54, 1.807) is 6.92 Å². The molecule has 3 aromatic rings. The normalized spacial score (nSPS) is 14.4. The number of anilines is 3. The van der Waals surface area contributed by atoms with Crippen molar-refractivity contribution in [2.45, 2.75) is 66.3 Å². The molecule has 35 heavy (non-hydrogen) atoms. The number of hydrogen-bond donors (Lipinski definition) is 1. The van der Waals surface area contributed by atoms with Crippen molar-refractivity contribution in [3.8, 4) is 0 Å². The van der Waals surface area contributed by atoms with E-state index in [-0.39, 0.29) is 5.91 Å². The predicted octanol–water partition coefficient (Wildman–Crippen LogP) is 5.79. The van der Waals surface area contributed by atoms with Crippen molar-refractivity contribution in [2.75, 3.05) is 36.4 Å². The van der Waals surface area contributed by atoms with Gasteiger partial charge in [-0.25, -0.2) is 4.98 Å². The van der Waals surface area contributed by atoms with Gasteiger partial charge in [-0.2, -0.15) is 4.98 Å². The van der Waals surface area contributed by atoms with Crippen LogP contribution in [0, 0.1) is 5.92 Å². The molecule has 188 valence electrons. The molecule has 1 saturated heterocycles. The number of hydrogen-bond acceptors (Lipinski definition) is 5. The fourth-order valence-electron chi connectivity index (χ4n) is 4.98. The van der Waals surface area contributed by atoms with Crippen LogP contribution in [0.25, 0.3) is 11.0 Å². The van der Waals surface area contributed by atoms with Gasteiger partial charge >= 0.3 is 0 Å². The highest BCUT2D eigenvalue weighted by molar-refractivity contribution is 5.78. The standard InChI is InChI=1S/C28H40N6O/c1-6-24(7-2)34-26(11-8-20(3)4)18-22-19-29-28(31-27(22)34)30-23-9-12-25(13-10-23)33-16-14-32(15-17-33)21(5)35/h9-10,12-13,18-20,24H,6-8,11,14-17H2,1-5H3,(H,29,30,31). The average Bonchev–Trinajstić information content (AvgIpc) is 3.22. The van der Waals surface area contributed by atoms with E-state index in [1.165, 1.54) is 17.8 Å². The number of piperazine rings is 1. The molecule has 1 aliphatic rings. The molecule has 4 rings (SSSR count). The molecular weight excluding hydrogens is 436 g/mol. The second kappa shape index (κ2) is 11.1. The fourth-order valence-corrected chi connectivity index (χ4v) is 4.98. The van der Waals surface area contributed by atoms with Crippen molar-refractivity contribution < 1.29 is 4.79 Å². The Morgan fingerprint density at radius 3 is 2.34 bits per heavy atom. The molecule has 0 atom stereocenters. The molecular formula is C28H40N6O. The van der Waals surface area contributed by atoms with Crippen molar-refractivity contribution in [3.05, 3.63) is 42.2 Å². The van der Waals surface area contributed by atoms with Crippen LogP contribution < -0.4 is 10.2 Å². The first-order valence-corrected chi connectivity index (χ1v) is 13.1. The molecule has 3 heterocycles. The van der Waals surface area contributed by atoms with Gasteiger partial charge in [0.25, 0.3) is 0 Å². The van der Waals surface area contributed by atoms with E-state index in [2.05, 4.69) is 77.8 Å². The van der Waals surface area contributed by atoms with Gasteiger partial charge in [-0.05, 0) is 61.9 Å². The minimum atomic E-state index is 0.156. The third-order valence-corrected chi connectivity index (χ3v) is 7.15. The zero-order chi connectivity index (χ0) is 24.9. The number of aryl methyl sites for hydroxylation is 1. The molecule has 0 unspecified atom stereocenters. The molecule has 0 spiro atoms.